The number of urea groups is 1. The number of unbranched alkanes of at least 4 members (excludes halogenated alkanes) is 2. The number of carbonyl (C=O) groups excluding carboxylic acids is 4. The number of carbonyl (C=O) groups is 4. The summed E-state index contributed by atoms with van der Waals surface area (Å²) in [6.45, 7) is 5.84. The van der Waals surface area contributed by atoms with Gasteiger partial charge in [-0.25, -0.2) is 4.79 Å². The second kappa shape index (κ2) is 15.7. The molecule has 34 heavy (non-hydrogen) atoms. The van der Waals surface area contributed by atoms with Crippen molar-refractivity contribution in [2.24, 2.45) is 11.7 Å². The zero-order valence-electron chi connectivity index (χ0n) is 20.4. The number of amides is 5. The summed E-state index contributed by atoms with van der Waals surface area (Å²) in [5, 5.41) is 19.9. The Labute approximate surface area is 201 Å². The van der Waals surface area contributed by atoms with Crippen molar-refractivity contribution in [2.45, 2.75) is 78.0 Å². The molecular weight excluding hydrogens is 438 g/mol. The standard InChI is InChI=1S/C24H39N5O5/c1-4-5-6-9-20(31)29-21(16(2)3)23(33)28-19(8-7-14-26-24(25)34)22(32)27-18-12-10-17(15-30)11-13-18/h10-13,16,19,21,30H,4-9,14-15H2,1-3H3,(H,27,32)(H,28,33)(H,29,31)(H3,25,26,34). The molecule has 0 aliphatic rings. The van der Waals surface area contributed by atoms with Crippen LogP contribution in [0.4, 0.5) is 10.5 Å². The van der Waals surface area contributed by atoms with Crippen LogP contribution in [0.5, 0.6) is 0 Å². The summed E-state index contributed by atoms with van der Waals surface area (Å²) in [5.74, 6) is -1.25. The number of anilines is 1. The third kappa shape index (κ3) is 11.1. The first-order valence-electron chi connectivity index (χ1n) is 11.8. The van der Waals surface area contributed by atoms with E-state index in [0.717, 1.165) is 19.3 Å². The Hall–Kier alpha value is -3.14. The van der Waals surface area contributed by atoms with Gasteiger partial charge in [-0.3, -0.25) is 14.4 Å². The molecule has 1 aromatic carbocycles. The second-order valence-electron chi connectivity index (χ2n) is 8.59. The number of aliphatic hydroxyl groups is 1. The lowest BCUT2D eigenvalue weighted by atomic mass is 10.0. The quantitative estimate of drug-likeness (QED) is 0.212. The van der Waals surface area contributed by atoms with Crippen molar-refractivity contribution in [3.05, 3.63) is 29.8 Å². The van der Waals surface area contributed by atoms with Crippen molar-refractivity contribution in [1.82, 2.24) is 16.0 Å². The highest BCUT2D eigenvalue weighted by Crippen LogP contribution is 2.12. The number of nitrogens with two attached hydrogens (primary N) is 1. The summed E-state index contributed by atoms with van der Waals surface area (Å²) in [7, 11) is 0. The van der Waals surface area contributed by atoms with Gasteiger partial charge in [0, 0.05) is 18.7 Å². The predicted molar refractivity (Wildman–Crippen MR) is 131 cm³/mol. The maximum Gasteiger partial charge on any atom is 0.312 e. The molecule has 1 aromatic rings. The molecule has 1 rings (SSSR count). The van der Waals surface area contributed by atoms with Crippen LogP contribution in [0.2, 0.25) is 0 Å². The molecule has 0 fully saturated rings. The van der Waals surface area contributed by atoms with Crippen LogP contribution in [0, 0.1) is 5.92 Å². The van der Waals surface area contributed by atoms with Crippen LogP contribution < -0.4 is 27.0 Å². The first kappa shape index (κ1) is 28.9. The highest BCUT2D eigenvalue weighted by atomic mass is 16.3. The van der Waals surface area contributed by atoms with Gasteiger partial charge >= 0.3 is 6.03 Å². The zero-order valence-corrected chi connectivity index (χ0v) is 20.4. The molecule has 0 spiro atoms. The van der Waals surface area contributed by atoms with Crippen LogP contribution in [0.25, 0.3) is 0 Å². The lowest BCUT2D eigenvalue weighted by Crippen LogP contribution is -2.54. The fourth-order valence-corrected chi connectivity index (χ4v) is 3.29. The van der Waals surface area contributed by atoms with Crippen molar-refractivity contribution in [3.63, 3.8) is 0 Å². The average molecular weight is 478 g/mol. The zero-order chi connectivity index (χ0) is 25.5. The molecule has 0 radical (unpaired) electrons. The lowest BCUT2D eigenvalue weighted by Gasteiger charge is -2.25. The molecule has 0 aliphatic heterocycles. The monoisotopic (exact) mass is 477 g/mol. The molecule has 0 saturated carbocycles. The highest BCUT2D eigenvalue weighted by molar-refractivity contribution is 5.98. The fourth-order valence-electron chi connectivity index (χ4n) is 3.29. The summed E-state index contributed by atoms with van der Waals surface area (Å²) >= 11 is 0. The topological polar surface area (TPSA) is 163 Å². The number of rotatable bonds is 15. The summed E-state index contributed by atoms with van der Waals surface area (Å²) in [5.41, 5.74) is 6.30. The normalized spacial score (nSPS) is 12.5. The average Bonchev–Trinajstić information content (AvgIpc) is 2.79. The maximum absolute atomic E-state index is 13.0. The molecule has 0 heterocycles. The lowest BCUT2D eigenvalue weighted by molar-refractivity contribution is -0.132. The van der Waals surface area contributed by atoms with E-state index in [2.05, 4.69) is 21.3 Å². The third-order valence-corrected chi connectivity index (χ3v) is 5.28. The molecule has 10 heteroatoms. The number of primary amides is 1. The van der Waals surface area contributed by atoms with Crippen molar-refractivity contribution < 1.29 is 24.3 Å². The minimum Gasteiger partial charge on any atom is -0.392 e. The van der Waals surface area contributed by atoms with E-state index in [4.69, 9.17) is 5.73 Å². The van der Waals surface area contributed by atoms with Gasteiger partial charge in [0.15, 0.2) is 0 Å². The summed E-state index contributed by atoms with van der Waals surface area (Å²) < 4.78 is 0. The van der Waals surface area contributed by atoms with Crippen LogP contribution >= 0.6 is 0 Å². The van der Waals surface area contributed by atoms with E-state index in [1.165, 1.54) is 0 Å². The molecule has 0 bridgehead atoms. The molecule has 0 aliphatic carbocycles. The van der Waals surface area contributed by atoms with E-state index in [1.54, 1.807) is 24.3 Å². The van der Waals surface area contributed by atoms with Gasteiger partial charge in [0.2, 0.25) is 17.7 Å². The van der Waals surface area contributed by atoms with Crippen molar-refractivity contribution in [2.75, 3.05) is 11.9 Å². The number of nitrogens with one attached hydrogen (secondary N) is 4. The van der Waals surface area contributed by atoms with Crippen LogP contribution in [0.3, 0.4) is 0 Å². The SMILES string of the molecule is CCCCCC(=O)NC(C(=O)NC(CCCNC(N)=O)C(=O)Nc1ccc(CO)cc1)C(C)C. The summed E-state index contributed by atoms with van der Waals surface area (Å²) in [6.07, 6.45) is 3.68. The van der Waals surface area contributed by atoms with E-state index in [9.17, 15) is 24.3 Å². The van der Waals surface area contributed by atoms with Crippen LogP contribution in [-0.2, 0) is 21.0 Å². The van der Waals surface area contributed by atoms with Crippen molar-refractivity contribution in [1.29, 1.82) is 0 Å². The molecule has 2 atom stereocenters. The van der Waals surface area contributed by atoms with Gasteiger partial charge < -0.3 is 32.1 Å². The van der Waals surface area contributed by atoms with Gasteiger partial charge in [-0.15, -0.1) is 0 Å². The highest BCUT2D eigenvalue weighted by Gasteiger charge is 2.28. The third-order valence-electron chi connectivity index (χ3n) is 5.28. The van der Waals surface area contributed by atoms with Gasteiger partial charge in [0.05, 0.1) is 6.61 Å². The molecule has 5 amide bonds. The predicted octanol–water partition coefficient (Wildman–Crippen LogP) is 1.77. The smallest absolute Gasteiger partial charge is 0.312 e. The van der Waals surface area contributed by atoms with Crippen molar-refractivity contribution in [3.8, 4) is 0 Å². The Bertz CT molecular complexity index is 797. The number of hydrogen-bond donors (Lipinski definition) is 6. The summed E-state index contributed by atoms with van der Waals surface area (Å²) in [6, 6.07) is 4.34. The van der Waals surface area contributed by atoms with Crippen LogP contribution in [-0.4, -0.2) is 47.5 Å². The Morgan fingerprint density at radius 1 is 0.971 bits per heavy atom. The number of benzene rings is 1. The van der Waals surface area contributed by atoms with E-state index in [-0.39, 0.29) is 31.4 Å². The molecule has 0 aromatic heterocycles. The molecule has 190 valence electrons. The van der Waals surface area contributed by atoms with E-state index < -0.39 is 29.9 Å². The minimum atomic E-state index is -0.891. The molecule has 0 saturated heterocycles. The largest absolute Gasteiger partial charge is 0.392 e. The first-order chi connectivity index (χ1) is 16.2. The van der Waals surface area contributed by atoms with E-state index >= 15 is 0 Å². The maximum atomic E-state index is 13.0. The summed E-state index contributed by atoms with van der Waals surface area (Å²) in [4.78, 5) is 49.2. The van der Waals surface area contributed by atoms with E-state index in [0.29, 0.717) is 24.1 Å². The van der Waals surface area contributed by atoms with Gasteiger partial charge in [0.25, 0.3) is 0 Å². The molecule has 2 unspecified atom stereocenters. The van der Waals surface area contributed by atoms with Gasteiger partial charge in [-0.05, 0) is 42.9 Å². The van der Waals surface area contributed by atoms with Crippen molar-refractivity contribution >= 4 is 29.4 Å². The number of aliphatic hydroxyl groups excluding tert-OH is 1. The Morgan fingerprint density at radius 3 is 2.21 bits per heavy atom. The van der Waals surface area contributed by atoms with Gasteiger partial charge in [-0.1, -0.05) is 45.7 Å². The van der Waals surface area contributed by atoms with Gasteiger partial charge in [-0.2, -0.15) is 0 Å². The molecular formula is C24H39N5O5. The Balaban J connectivity index is 2.86. The van der Waals surface area contributed by atoms with Crippen LogP contribution in [0.15, 0.2) is 24.3 Å². The fraction of sp³-hybridized carbons (Fsp3) is 0.583. The second-order valence-corrected chi connectivity index (χ2v) is 8.59. The number of hydrogen-bond acceptors (Lipinski definition) is 5. The Morgan fingerprint density at radius 2 is 1.65 bits per heavy atom. The van der Waals surface area contributed by atoms with Crippen LogP contribution in [0.1, 0.15) is 64.9 Å². The van der Waals surface area contributed by atoms with E-state index in [1.807, 2.05) is 20.8 Å². The van der Waals surface area contributed by atoms with Gasteiger partial charge in [0.1, 0.15) is 12.1 Å². The Kier molecular flexibility index (Phi) is 13.3. The first-order valence-corrected chi connectivity index (χ1v) is 11.8. The molecule has 7 N–H and O–H groups in total. The minimum absolute atomic E-state index is 0.111. The molecule has 10 nitrogen and oxygen atoms in total.